The third-order valence-electron chi connectivity index (χ3n) is 3.76. The van der Waals surface area contributed by atoms with Gasteiger partial charge in [-0.15, -0.1) is 0 Å². The first-order valence-corrected chi connectivity index (χ1v) is 6.64. The fraction of sp³-hybridized carbons (Fsp3) is 0.571. The van der Waals surface area contributed by atoms with Gasteiger partial charge in [0.05, 0.1) is 0 Å². The maximum absolute atomic E-state index is 5.93. The third-order valence-corrected chi connectivity index (χ3v) is 4.01. The monoisotopic (exact) mass is 237 g/mol. The molecule has 2 N–H and O–H groups in total. The molecule has 0 radical (unpaired) electrons. The molecular formula is C14H20ClN. The van der Waals surface area contributed by atoms with Gasteiger partial charge in [0.15, 0.2) is 0 Å². The van der Waals surface area contributed by atoms with Crippen LogP contribution in [-0.4, -0.2) is 6.54 Å². The number of nitrogens with two attached hydrogens (primary N) is 1. The predicted molar refractivity (Wildman–Crippen MR) is 69.8 cm³/mol. The van der Waals surface area contributed by atoms with E-state index in [4.69, 9.17) is 17.3 Å². The first-order chi connectivity index (χ1) is 7.81. The minimum absolute atomic E-state index is 0.643. The minimum atomic E-state index is 0.643. The Kier molecular flexibility index (Phi) is 4.25. The molecule has 1 fully saturated rings. The van der Waals surface area contributed by atoms with E-state index >= 15 is 0 Å². The Hall–Kier alpha value is -0.530. The Bertz CT molecular complexity index is 320. The van der Waals surface area contributed by atoms with Crippen LogP contribution in [0.2, 0.25) is 5.02 Å². The summed E-state index contributed by atoms with van der Waals surface area (Å²) >= 11 is 5.93. The standard InChI is InChI=1S/C14H20ClN/c15-13-8-6-11(7-9-13)14-5-3-1-2-4-12(14)10-16/h6-9,12,14H,1-5,10,16H2. The van der Waals surface area contributed by atoms with Gasteiger partial charge in [-0.05, 0) is 48.9 Å². The molecule has 1 nitrogen and oxygen atoms in total. The molecule has 1 aromatic rings. The molecule has 0 saturated heterocycles. The second-order valence-electron chi connectivity index (χ2n) is 4.79. The molecule has 16 heavy (non-hydrogen) atoms. The second-order valence-corrected chi connectivity index (χ2v) is 5.23. The van der Waals surface area contributed by atoms with Gasteiger partial charge < -0.3 is 5.73 Å². The summed E-state index contributed by atoms with van der Waals surface area (Å²) in [5.74, 6) is 1.30. The maximum Gasteiger partial charge on any atom is 0.0406 e. The molecule has 2 heteroatoms. The summed E-state index contributed by atoms with van der Waals surface area (Å²) < 4.78 is 0. The van der Waals surface area contributed by atoms with E-state index < -0.39 is 0 Å². The Morgan fingerprint density at radius 3 is 2.44 bits per heavy atom. The number of hydrogen-bond donors (Lipinski definition) is 1. The highest BCUT2D eigenvalue weighted by Gasteiger charge is 2.23. The highest BCUT2D eigenvalue weighted by atomic mass is 35.5. The third kappa shape index (κ3) is 2.78. The zero-order valence-electron chi connectivity index (χ0n) is 9.66. The molecule has 1 saturated carbocycles. The van der Waals surface area contributed by atoms with Crippen LogP contribution in [0.25, 0.3) is 0 Å². The van der Waals surface area contributed by atoms with Crippen LogP contribution >= 0.6 is 11.6 Å². The smallest absolute Gasteiger partial charge is 0.0406 e. The Morgan fingerprint density at radius 1 is 1.06 bits per heavy atom. The van der Waals surface area contributed by atoms with Crippen LogP contribution in [0, 0.1) is 5.92 Å². The molecular weight excluding hydrogens is 218 g/mol. The molecule has 0 bridgehead atoms. The summed E-state index contributed by atoms with van der Waals surface area (Å²) in [5.41, 5.74) is 7.32. The first-order valence-electron chi connectivity index (χ1n) is 6.27. The van der Waals surface area contributed by atoms with Gasteiger partial charge in [-0.2, -0.15) is 0 Å². The van der Waals surface area contributed by atoms with E-state index in [9.17, 15) is 0 Å². The van der Waals surface area contributed by atoms with E-state index in [1.54, 1.807) is 0 Å². The Balaban J connectivity index is 2.18. The van der Waals surface area contributed by atoms with Crippen LogP contribution in [0.15, 0.2) is 24.3 Å². The quantitative estimate of drug-likeness (QED) is 0.775. The molecule has 0 aliphatic heterocycles. The normalized spacial score (nSPS) is 26.4. The molecule has 0 amide bonds. The molecule has 2 rings (SSSR count). The summed E-state index contributed by atoms with van der Waals surface area (Å²) in [6, 6.07) is 8.33. The fourth-order valence-corrected chi connectivity index (χ4v) is 2.94. The van der Waals surface area contributed by atoms with Crippen molar-refractivity contribution in [3.63, 3.8) is 0 Å². The topological polar surface area (TPSA) is 26.0 Å². The van der Waals surface area contributed by atoms with Gasteiger partial charge in [0.25, 0.3) is 0 Å². The van der Waals surface area contributed by atoms with Gasteiger partial charge in [-0.25, -0.2) is 0 Å². The molecule has 1 aromatic carbocycles. The fourth-order valence-electron chi connectivity index (χ4n) is 2.82. The van der Waals surface area contributed by atoms with E-state index in [-0.39, 0.29) is 0 Å². The molecule has 1 aliphatic rings. The van der Waals surface area contributed by atoms with Crippen molar-refractivity contribution in [3.8, 4) is 0 Å². The first kappa shape index (κ1) is 11.9. The van der Waals surface area contributed by atoms with Crippen molar-refractivity contribution >= 4 is 11.6 Å². The average molecular weight is 238 g/mol. The minimum Gasteiger partial charge on any atom is -0.330 e. The zero-order chi connectivity index (χ0) is 11.4. The number of halogens is 1. The molecule has 0 heterocycles. The van der Waals surface area contributed by atoms with Crippen LogP contribution in [0.4, 0.5) is 0 Å². The lowest BCUT2D eigenvalue weighted by molar-refractivity contribution is 0.408. The van der Waals surface area contributed by atoms with Gasteiger partial charge in [0.1, 0.15) is 0 Å². The van der Waals surface area contributed by atoms with Gasteiger partial charge in [-0.3, -0.25) is 0 Å². The van der Waals surface area contributed by atoms with Crippen LogP contribution in [0.3, 0.4) is 0 Å². The lowest BCUT2D eigenvalue weighted by Crippen LogP contribution is -2.21. The van der Waals surface area contributed by atoms with Crippen molar-refractivity contribution in [2.24, 2.45) is 11.7 Å². The summed E-state index contributed by atoms with van der Waals surface area (Å²) in [7, 11) is 0. The number of rotatable bonds is 2. The summed E-state index contributed by atoms with van der Waals surface area (Å²) in [6.07, 6.45) is 6.60. The lowest BCUT2D eigenvalue weighted by Gasteiger charge is -2.24. The van der Waals surface area contributed by atoms with Gasteiger partial charge in [0, 0.05) is 5.02 Å². The van der Waals surface area contributed by atoms with E-state index in [0.29, 0.717) is 11.8 Å². The molecule has 2 unspecified atom stereocenters. The van der Waals surface area contributed by atoms with E-state index in [1.165, 1.54) is 37.7 Å². The molecule has 1 aliphatic carbocycles. The molecule has 0 aromatic heterocycles. The van der Waals surface area contributed by atoms with Crippen molar-refractivity contribution in [1.82, 2.24) is 0 Å². The zero-order valence-corrected chi connectivity index (χ0v) is 10.4. The van der Waals surface area contributed by atoms with Crippen LogP contribution in [-0.2, 0) is 0 Å². The van der Waals surface area contributed by atoms with Crippen molar-refractivity contribution in [1.29, 1.82) is 0 Å². The summed E-state index contributed by atoms with van der Waals surface area (Å²) in [4.78, 5) is 0. The van der Waals surface area contributed by atoms with Gasteiger partial charge >= 0.3 is 0 Å². The number of benzene rings is 1. The molecule has 88 valence electrons. The van der Waals surface area contributed by atoms with Crippen LogP contribution < -0.4 is 5.73 Å². The highest BCUT2D eigenvalue weighted by Crippen LogP contribution is 2.36. The predicted octanol–water partition coefficient (Wildman–Crippen LogP) is 3.96. The summed E-state index contributed by atoms with van der Waals surface area (Å²) in [6.45, 7) is 0.813. The lowest BCUT2D eigenvalue weighted by atomic mass is 9.82. The average Bonchev–Trinajstić information content (AvgIpc) is 2.55. The van der Waals surface area contributed by atoms with E-state index in [0.717, 1.165) is 11.6 Å². The highest BCUT2D eigenvalue weighted by molar-refractivity contribution is 6.30. The summed E-state index contributed by atoms with van der Waals surface area (Å²) in [5, 5.41) is 0.821. The van der Waals surface area contributed by atoms with E-state index in [1.807, 2.05) is 12.1 Å². The van der Waals surface area contributed by atoms with Crippen molar-refractivity contribution in [2.45, 2.75) is 38.0 Å². The van der Waals surface area contributed by atoms with Crippen molar-refractivity contribution in [3.05, 3.63) is 34.9 Å². The Labute approximate surface area is 103 Å². The van der Waals surface area contributed by atoms with E-state index in [2.05, 4.69) is 12.1 Å². The molecule has 2 atom stereocenters. The second kappa shape index (κ2) is 5.70. The SMILES string of the molecule is NCC1CCCCCC1c1ccc(Cl)cc1. The van der Waals surface area contributed by atoms with Gasteiger partial charge in [-0.1, -0.05) is 43.0 Å². The largest absolute Gasteiger partial charge is 0.330 e. The Morgan fingerprint density at radius 2 is 1.75 bits per heavy atom. The maximum atomic E-state index is 5.93. The van der Waals surface area contributed by atoms with Crippen LogP contribution in [0.1, 0.15) is 43.6 Å². The van der Waals surface area contributed by atoms with Crippen molar-refractivity contribution < 1.29 is 0 Å². The number of hydrogen-bond acceptors (Lipinski definition) is 1. The molecule has 0 spiro atoms. The van der Waals surface area contributed by atoms with Gasteiger partial charge in [0.2, 0.25) is 0 Å². The van der Waals surface area contributed by atoms with Crippen LogP contribution in [0.5, 0.6) is 0 Å². The van der Waals surface area contributed by atoms with Crippen molar-refractivity contribution in [2.75, 3.05) is 6.54 Å².